The fourth-order valence-corrected chi connectivity index (χ4v) is 10.6. The van der Waals surface area contributed by atoms with Crippen molar-refractivity contribution in [2.45, 2.75) is 70.5 Å². The molecule has 0 radical (unpaired) electrons. The summed E-state index contributed by atoms with van der Waals surface area (Å²) >= 11 is 6.52. The molecule has 1 unspecified atom stereocenters. The van der Waals surface area contributed by atoms with Crippen molar-refractivity contribution in [3.8, 4) is 11.5 Å². The lowest BCUT2D eigenvalue weighted by atomic mass is 9.99. The molecule has 3 saturated heterocycles. The average molecular weight is 926 g/mol. The zero-order valence-electron chi connectivity index (χ0n) is 37.4. The van der Waals surface area contributed by atoms with Crippen LogP contribution in [0.5, 0.6) is 11.5 Å². The number of aromatic nitrogens is 2. The number of nitrogens with one attached hydrogen (secondary N) is 3. The number of anilines is 5. The number of halogens is 1. The normalized spacial score (nSPS) is 18.5. The van der Waals surface area contributed by atoms with Crippen molar-refractivity contribution < 1.29 is 33.2 Å². The second kappa shape index (κ2) is 19.8. The van der Waals surface area contributed by atoms with Crippen LogP contribution in [0.15, 0.2) is 60.8 Å². The van der Waals surface area contributed by atoms with E-state index in [4.69, 9.17) is 21.1 Å². The maximum Gasteiger partial charge on any atom is 0.255 e. The van der Waals surface area contributed by atoms with Crippen molar-refractivity contribution in [2.75, 3.05) is 81.8 Å². The summed E-state index contributed by atoms with van der Waals surface area (Å²) in [5.41, 5.74) is 4.94. The first-order chi connectivity index (χ1) is 31.3. The van der Waals surface area contributed by atoms with Gasteiger partial charge in [0, 0.05) is 66.8 Å². The highest BCUT2D eigenvalue weighted by Gasteiger charge is 2.40. The van der Waals surface area contributed by atoms with Crippen molar-refractivity contribution in [3.63, 3.8) is 0 Å². The molecule has 344 valence electrons. The number of ether oxygens (including phenoxy) is 2. The zero-order valence-corrected chi connectivity index (χ0v) is 39.1. The third-order valence-corrected chi connectivity index (χ3v) is 14.6. The molecule has 65 heavy (non-hydrogen) atoms. The Morgan fingerprint density at radius 1 is 0.892 bits per heavy atom. The van der Waals surface area contributed by atoms with Crippen molar-refractivity contribution >= 4 is 76.5 Å². The molecule has 8 rings (SSSR count). The summed E-state index contributed by atoms with van der Waals surface area (Å²) in [6, 6.07) is 16.5. The number of unbranched alkanes of at least 4 members (excludes halogenated alkanes) is 1. The number of para-hydroxylation sites is 1. The van der Waals surface area contributed by atoms with Gasteiger partial charge in [0.15, 0.2) is 5.82 Å². The van der Waals surface area contributed by atoms with E-state index < -0.39 is 19.1 Å². The summed E-state index contributed by atoms with van der Waals surface area (Å²) < 4.78 is 25.0. The van der Waals surface area contributed by atoms with Crippen LogP contribution in [0.25, 0.3) is 0 Å². The van der Waals surface area contributed by atoms with Gasteiger partial charge in [0.1, 0.15) is 29.7 Å². The molecule has 5 heterocycles. The molecule has 3 fully saturated rings. The van der Waals surface area contributed by atoms with E-state index >= 15 is 0 Å². The molecule has 4 amide bonds. The first-order valence-electron chi connectivity index (χ1n) is 22.4. The molecule has 0 spiro atoms. The van der Waals surface area contributed by atoms with E-state index in [9.17, 15) is 23.7 Å². The summed E-state index contributed by atoms with van der Waals surface area (Å²) in [5, 5.41) is 9.96. The molecule has 18 heteroatoms. The van der Waals surface area contributed by atoms with Crippen LogP contribution < -0.4 is 35.6 Å². The highest BCUT2D eigenvalue weighted by atomic mass is 35.5. The lowest BCUT2D eigenvalue weighted by Crippen LogP contribution is -2.56. The number of hydrogen-bond acceptors (Lipinski definition) is 13. The maximum absolute atomic E-state index is 13.5. The predicted molar refractivity (Wildman–Crippen MR) is 252 cm³/mol. The van der Waals surface area contributed by atoms with E-state index in [1.54, 1.807) is 32.6 Å². The van der Waals surface area contributed by atoms with Crippen molar-refractivity contribution in [1.82, 2.24) is 30.0 Å². The number of aryl methyl sites for hydroxylation is 1. The fourth-order valence-electron chi connectivity index (χ4n) is 9.31. The van der Waals surface area contributed by atoms with Crippen LogP contribution in [-0.4, -0.2) is 127 Å². The van der Waals surface area contributed by atoms with E-state index in [0.717, 1.165) is 80.8 Å². The van der Waals surface area contributed by atoms with Gasteiger partial charge in [0.05, 0.1) is 44.4 Å². The van der Waals surface area contributed by atoms with Crippen LogP contribution in [0.3, 0.4) is 0 Å². The highest BCUT2D eigenvalue weighted by molar-refractivity contribution is 7.70. The molecular formula is C47H57ClN9O7P. The van der Waals surface area contributed by atoms with Gasteiger partial charge in [-0.2, -0.15) is 4.98 Å². The lowest BCUT2D eigenvalue weighted by molar-refractivity contribution is -0.139. The Labute approximate surface area is 384 Å². The number of imide groups is 1. The quantitative estimate of drug-likeness (QED) is 0.0661. The monoisotopic (exact) mass is 925 g/mol. The Kier molecular flexibility index (Phi) is 14.0. The summed E-state index contributed by atoms with van der Waals surface area (Å²) in [4.78, 5) is 68.1. The Balaban J connectivity index is 0.805. The second-order valence-corrected chi connectivity index (χ2v) is 21.0. The number of amides is 4. The van der Waals surface area contributed by atoms with E-state index in [1.165, 1.54) is 11.1 Å². The molecule has 3 aromatic carbocycles. The minimum Gasteiger partial charge on any atom is -0.494 e. The highest BCUT2D eigenvalue weighted by Crippen LogP contribution is 2.40. The zero-order chi connectivity index (χ0) is 45.8. The lowest BCUT2D eigenvalue weighted by Gasteiger charge is -2.43. The third-order valence-electron chi connectivity index (χ3n) is 12.8. The van der Waals surface area contributed by atoms with Gasteiger partial charge >= 0.3 is 0 Å². The largest absolute Gasteiger partial charge is 0.494 e. The number of benzene rings is 3. The van der Waals surface area contributed by atoms with Gasteiger partial charge in [-0.15, -0.1) is 0 Å². The Morgan fingerprint density at radius 3 is 2.43 bits per heavy atom. The molecular weight excluding hydrogens is 869 g/mol. The van der Waals surface area contributed by atoms with Gasteiger partial charge in [-0.25, -0.2) is 4.98 Å². The maximum atomic E-state index is 13.5. The summed E-state index contributed by atoms with van der Waals surface area (Å²) in [7, 11) is -0.932. The third kappa shape index (κ3) is 10.2. The van der Waals surface area contributed by atoms with Gasteiger partial charge in [0.25, 0.3) is 5.91 Å². The molecule has 0 saturated carbocycles. The van der Waals surface area contributed by atoms with Gasteiger partial charge in [0.2, 0.25) is 23.7 Å². The van der Waals surface area contributed by atoms with Crippen LogP contribution in [0.4, 0.5) is 28.8 Å². The Bertz CT molecular complexity index is 2510. The van der Waals surface area contributed by atoms with E-state index in [2.05, 4.69) is 59.7 Å². The summed E-state index contributed by atoms with van der Waals surface area (Å²) in [6.07, 6.45) is 6.24. The number of piperidine rings is 2. The van der Waals surface area contributed by atoms with Crippen molar-refractivity contribution in [2.24, 2.45) is 0 Å². The molecule has 4 aliphatic heterocycles. The number of carbonyl (C=O) groups excluding carboxylic acids is 4. The fraction of sp³-hybridized carbons (Fsp3) is 0.447. The van der Waals surface area contributed by atoms with E-state index in [-0.39, 0.29) is 36.7 Å². The van der Waals surface area contributed by atoms with Crippen molar-refractivity contribution in [1.29, 1.82) is 0 Å². The molecule has 4 aliphatic rings. The minimum atomic E-state index is -2.57. The second-order valence-electron chi connectivity index (χ2n) is 17.4. The molecule has 3 N–H and O–H groups in total. The van der Waals surface area contributed by atoms with Crippen molar-refractivity contribution in [3.05, 3.63) is 82.5 Å². The minimum absolute atomic E-state index is 0.171. The molecule has 0 bridgehead atoms. The van der Waals surface area contributed by atoms with E-state index in [0.29, 0.717) is 71.0 Å². The van der Waals surface area contributed by atoms with E-state index in [1.807, 2.05) is 30.3 Å². The SMILES string of the molecule is CCc1cc(Nc2ncc(Cl)c(Nc3ccccc3P(C)(C)=O)n2)c(OC)cc1N1CCC(N2CCN(CCCCOc3cccc4c3CN(C3CCC(=O)NC3=O)C4=O)CC2=O)CC1. The number of hydrogen-bond donors (Lipinski definition) is 3. The topological polar surface area (TPSA) is 179 Å². The summed E-state index contributed by atoms with van der Waals surface area (Å²) in [5.74, 6) is 1.20. The Hall–Kier alpha value is -5.70. The van der Waals surface area contributed by atoms with Crippen LogP contribution in [0, 0.1) is 0 Å². The molecule has 1 atom stereocenters. The summed E-state index contributed by atoms with van der Waals surface area (Å²) in [6.45, 7) is 10.7. The molecule has 4 aromatic rings. The number of methoxy groups -OCH3 is 1. The molecule has 1 aromatic heterocycles. The van der Waals surface area contributed by atoms with Crippen LogP contribution >= 0.6 is 18.7 Å². The Morgan fingerprint density at radius 2 is 1.69 bits per heavy atom. The standard InChI is InChI=1S/C47H57ClN9O7P/c1-5-30-25-36(51-47-49-27-34(48)44(53-47)50-35-12-6-7-14-41(35)65(3,4)62)40(63-2)26-38(30)55-20-17-31(18-21-55)56-23-22-54(29-43(56)59)19-8-9-24-64-39-13-10-11-32-33(39)28-57(46(32)61)37-15-16-42(58)52-45(37)60/h6-7,10-14,25-27,31,37H,5,8-9,15-24,28-29H2,1-4H3,(H,52,58,60)(H2,49,50,51,53). The number of fused-ring (bicyclic) bond motifs is 1. The predicted octanol–water partition coefficient (Wildman–Crippen LogP) is 6.17. The van der Waals surface area contributed by atoms with Gasteiger partial charge in [-0.3, -0.25) is 29.4 Å². The van der Waals surface area contributed by atoms with Gasteiger partial charge < -0.3 is 39.4 Å². The first kappa shape index (κ1) is 45.9. The van der Waals surface area contributed by atoms with Gasteiger partial charge in [-0.05, 0) is 94.3 Å². The van der Waals surface area contributed by atoms with Crippen LogP contribution in [0.2, 0.25) is 5.02 Å². The number of nitrogens with zero attached hydrogens (tertiary/aromatic N) is 6. The average Bonchev–Trinajstić information content (AvgIpc) is 3.63. The molecule has 0 aliphatic carbocycles. The van der Waals surface area contributed by atoms with Crippen LogP contribution in [-0.2, 0) is 31.9 Å². The molecule has 16 nitrogen and oxygen atoms in total. The van der Waals surface area contributed by atoms with Gasteiger partial charge in [-0.1, -0.05) is 36.7 Å². The number of carbonyl (C=O) groups is 4. The first-order valence-corrected chi connectivity index (χ1v) is 25.4. The number of rotatable bonds is 16. The number of piperazine rings is 1. The van der Waals surface area contributed by atoms with Crippen LogP contribution in [0.1, 0.15) is 66.9 Å². The smallest absolute Gasteiger partial charge is 0.255 e.